The van der Waals surface area contributed by atoms with Gasteiger partial charge in [0.1, 0.15) is 0 Å². The van der Waals surface area contributed by atoms with Crippen LogP contribution in [0.4, 0.5) is 5.69 Å². The van der Waals surface area contributed by atoms with Crippen LogP contribution >= 0.6 is 27.5 Å². The molecule has 0 spiro atoms. The molecule has 0 saturated carbocycles. The van der Waals surface area contributed by atoms with Gasteiger partial charge in [-0.2, -0.15) is 5.10 Å². The summed E-state index contributed by atoms with van der Waals surface area (Å²) in [6.07, 6.45) is 1.75. The number of rotatable bonds is 3. The van der Waals surface area contributed by atoms with Gasteiger partial charge in [-0.05, 0) is 42.0 Å². The van der Waals surface area contributed by atoms with E-state index in [0.717, 1.165) is 20.7 Å². The Kier molecular flexibility index (Phi) is 4.18. The van der Waals surface area contributed by atoms with Gasteiger partial charge >= 0.3 is 0 Å². The van der Waals surface area contributed by atoms with Gasteiger partial charge in [0.15, 0.2) is 0 Å². The van der Waals surface area contributed by atoms with Gasteiger partial charge in [-0.15, -0.1) is 0 Å². The van der Waals surface area contributed by atoms with Gasteiger partial charge < -0.3 is 0 Å². The molecule has 0 aliphatic rings. The fourth-order valence-corrected chi connectivity index (χ4v) is 1.64. The molecule has 0 fully saturated rings. The summed E-state index contributed by atoms with van der Waals surface area (Å²) in [6, 6.07) is 15.3. The molecule has 2 aromatic carbocycles. The standard InChI is InChI=1S/C13H10BrClN2/c14-11-3-7-13(8-4-11)17-16-9-10-1-5-12(15)6-2-10/h1-9,17H/b16-9+. The van der Waals surface area contributed by atoms with Crippen LogP contribution in [0.5, 0.6) is 0 Å². The van der Waals surface area contributed by atoms with Crippen LogP contribution in [0.25, 0.3) is 0 Å². The molecule has 0 aromatic heterocycles. The predicted octanol–water partition coefficient (Wildman–Crippen LogP) is 4.55. The van der Waals surface area contributed by atoms with Crippen LogP contribution in [0.15, 0.2) is 58.1 Å². The highest BCUT2D eigenvalue weighted by atomic mass is 79.9. The zero-order valence-electron chi connectivity index (χ0n) is 8.90. The molecule has 0 aliphatic carbocycles. The monoisotopic (exact) mass is 308 g/mol. The lowest BCUT2D eigenvalue weighted by molar-refractivity contribution is 1.35. The summed E-state index contributed by atoms with van der Waals surface area (Å²) in [5.41, 5.74) is 4.89. The van der Waals surface area contributed by atoms with E-state index < -0.39 is 0 Å². The Morgan fingerprint density at radius 3 is 2.29 bits per heavy atom. The number of benzene rings is 2. The molecule has 0 aliphatic heterocycles. The Morgan fingerprint density at radius 1 is 1.00 bits per heavy atom. The first-order valence-corrected chi connectivity index (χ1v) is 6.21. The molecular weight excluding hydrogens is 300 g/mol. The van der Waals surface area contributed by atoms with Crippen LogP contribution < -0.4 is 5.43 Å². The molecule has 86 valence electrons. The first kappa shape index (κ1) is 12.1. The quantitative estimate of drug-likeness (QED) is 0.653. The maximum Gasteiger partial charge on any atom is 0.0562 e. The van der Waals surface area contributed by atoms with Crippen molar-refractivity contribution < 1.29 is 0 Å². The van der Waals surface area contributed by atoms with Gasteiger partial charge in [-0.25, -0.2) is 0 Å². The highest BCUT2D eigenvalue weighted by Crippen LogP contribution is 2.14. The minimum absolute atomic E-state index is 0.725. The SMILES string of the molecule is Clc1ccc(/C=N/Nc2ccc(Br)cc2)cc1. The molecule has 0 unspecified atom stereocenters. The van der Waals surface area contributed by atoms with E-state index in [1.807, 2.05) is 48.5 Å². The van der Waals surface area contributed by atoms with Crippen molar-refractivity contribution in [2.75, 3.05) is 5.43 Å². The van der Waals surface area contributed by atoms with Crippen LogP contribution in [0.2, 0.25) is 5.02 Å². The third-order valence-corrected chi connectivity index (χ3v) is 2.90. The molecule has 0 saturated heterocycles. The maximum absolute atomic E-state index is 5.79. The lowest BCUT2D eigenvalue weighted by Gasteiger charge is -1.99. The van der Waals surface area contributed by atoms with Crippen molar-refractivity contribution in [3.63, 3.8) is 0 Å². The molecule has 0 radical (unpaired) electrons. The number of nitrogens with zero attached hydrogens (tertiary/aromatic N) is 1. The number of hydrogen-bond acceptors (Lipinski definition) is 2. The second kappa shape index (κ2) is 5.84. The van der Waals surface area contributed by atoms with E-state index in [1.165, 1.54) is 0 Å². The average molecular weight is 310 g/mol. The number of halogens is 2. The fourth-order valence-electron chi connectivity index (χ4n) is 1.25. The van der Waals surface area contributed by atoms with Crippen LogP contribution in [0.3, 0.4) is 0 Å². The smallest absolute Gasteiger partial charge is 0.0562 e. The third kappa shape index (κ3) is 3.88. The lowest BCUT2D eigenvalue weighted by atomic mass is 10.2. The summed E-state index contributed by atoms with van der Waals surface area (Å²) >= 11 is 9.17. The first-order chi connectivity index (χ1) is 8.24. The van der Waals surface area contributed by atoms with Gasteiger partial charge in [0.05, 0.1) is 11.9 Å². The summed E-state index contributed by atoms with van der Waals surface area (Å²) in [4.78, 5) is 0. The Balaban J connectivity index is 1.97. The molecule has 0 amide bonds. The minimum Gasteiger partial charge on any atom is -0.279 e. The number of anilines is 1. The number of hydrogen-bond donors (Lipinski definition) is 1. The van der Waals surface area contributed by atoms with Gasteiger partial charge in [0.2, 0.25) is 0 Å². The van der Waals surface area contributed by atoms with E-state index in [-0.39, 0.29) is 0 Å². The Morgan fingerprint density at radius 2 is 1.65 bits per heavy atom. The van der Waals surface area contributed by atoms with E-state index in [4.69, 9.17) is 11.6 Å². The van der Waals surface area contributed by atoms with Crippen molar-refractivity contribution in [3.05, 3.63) is 63.6 Å². The Bertz CT molecular complexity index is 506. The predicted molar refractivity (Wildman–Crippen MR) is 76.8 cm³/mol. The van der Waals surface area contributed by atoms with E-state index in [9.17, 15) is 0 Å². The summed E-state index contributed by atoms with van der Waals surface area (Å²) in [5, 5.41) is 4.86. The molecule has 0 atom stereocenters. The highest BCUT2D eigenvalue weighted by molar-refractivity contribution is 9.10. The van der Waals surface area contributed by atoms with Gasteiger partial charge in [0, 0.05) is 9.50 Å². The number of nitrogens with one attached hydrogen (secondary N) is 1. The molecule has 1 N–H and O–H groups in total. The maximum atomic E-state index is 5.79. The Labute approximate surface area is 113 Å². The molecule has 17 heavy (non-hydrogen) atoms. The normalized spacial score (nSPS) is 10.7. The summed E-state index contributed by atoms with van der Waals surface area (Å²) < 4.78 is 1.05. The summed E-state index contributed by atoms with van der Waals surface area (Å²) in [6.45, 7) is 0. The second-order valence-corrected chi connectivity index (χ2v) is 4.78. The molecule has 2 nitrogen and oxygen atoms in total. The average Bonchev–Trinajstić information content (AvgIpc) is 2.34. The van der Waals surface area contributed by atoms with Crippen molar-refractivity contribution in [3.8, 4) is 0 Å². The van der Waals surface area contributed by atoms with Gasteiger partial charge in [0.25, 0.3) is 0 Å². The van der Waals surface area contributed by atoms with Crippen LogP contribution in [-0.4, -0.2) is 6.21 Å². The van der Waals surface area contributed by atoms with E-state index in [0.29, 0.717) is 0 Å². The third-order valence-electron chi connectivity index (χ3n) is 2.12. The largest absolute Gasteiger partial charge is 0.279 e. The van der Waals surface area contributed by atoms with Crippen molar-refractivity contribution >= 4 is 39.4 Å². The highest BCUT2D eigenvalue weighted by Gasteiger charge is 1.90. The van der Waals surface area contributed by atoms with Crippen molar-refractivity contribution in [1.82, 2.24) is 0 Å². The second-order valence-electron chi connectivity index (χ2n) is 3.43. The summed E-state index contributed by atoms with van der Waals surface area (Å²) in [7, 11) is 0. The summed E-state index contributed by atoms with van der Waals surface area (Å²) in [5.74, 6) is 0. The Hall–Kier alpha value is -1.32. The zero-order chi connectivity index (χ0) is 12.1. The van der Waals surface area contributed by atoms with E-state index in [2.05, 4.69) is 26.5 Å². The van der Waals surface area contributed by atoms with Crippen LogP contribution in [0.1, 0.15) is 5.56 Å². The van der Waals surface area contributed by atoms with Crippen molar-refractivity contribution in [1.29, 1.82) is 0 Å². The van der Waals surface area contributed by atoms with Gasteiger partial charge in [-0.1, -0.05) is 39.7 Å². The topological polar surface area (TPSA) is 24.4 Å². The van der Waals surface area contributed by atoms with E-state index in [1.54, 1.807) is 6.21 Å². The van der Waals surface area contributed by atoms with Crippen LogP contribution in [0, 0.1) is 0 Å². The lowest BCUT2D eigenvalue weighted by Crippen LogP contribution is -1.89. The fraction of sp³-hybridized carbons (Fsp3) is 0. The van der Waals surface area contributed by atoms with E-state index >= 15 is 0 Å². The van der Waals surface area contributed by atoms with Crippen LogP contribution in [-0.2, 0) is 0 Å². The molecule has 0 heterocycles. The van der Waals surface area contributed by atoms with Gasteiger partial charge in [-0.3, -0.25) is 5.43 Å². The van der Waals surface area contributed by atoms with Crippen molar-refractivity contribution in [2.45, 2.75) is 0 Å². The first-order valence-electron chi connectivity index (χ1n) is 5.04. The van der Waals surface area contributed by atoms with Crippen molar-refractivity contribution in [2.24, 2.45) is 5.10 Å². The molecular formula is C13H10BrClN2. The molecule has 0 bridgehead atoms. The zero-order valence-corrected chi connectivity index (χ0v) is 11.2. The minimum atomic E-state index is 0.725. The number of hydrazone groups is 1. The molecule has 4 heteroatoms. The molecule has 2 rings (SSSR count). The molecule has 2 aromatic rings.